The molecule has 5 aromatic carbocycles. The summed E-state index contributed by atoms with van der Waals surface area (Å²) in [4.78, 5) is 27.7. The quantitative estimate of drug-likeness (QED) is 0.201. The second-order valence-electron chi connectivity index (χ2n) is 10.8. The van der Waals surface area contributed by atoms with Gasteiger partial charge < -0.3 is 15.8 Å². The Morgan fingerprint density at radius 3 is 2.57 bits per heavy atom. The lowest BCUT2D eigenvalue weighted by molar-refractivity contribution is -0.121. The lowest BCUT2D eigenvalue weighted by atomic mass is 9.93. The normalized spacial score (nSPS) is 13.3. The molecule has 0 bridgehead atoms. The summed E-state index contributed by atoms with van der Waals surface area (Å²) in [6, 6.07) is 30.6. The lowest BCUT2D eigenvalue weighted by Crippen LogP contribution is -2.38. The van der Waals surface area contributed by atoms with Gasteiger partial charge in [0.2, 0.25) is 0 Å². The molecule has 0 saturated carbocycles. The van der Waals surface area contributed by atoms with Crippen molar-refractivity contribution in [3.63, 3.8) is 0 Å². The number of carbonyl (C=O) groups excluding carboxylic acids is 2. The molecule has 2 amide bonds. The summed E-state index contributed by atoms with van der Waals surface area (Å²) in [5, 5.41) is 14.4. The maximum absolute atomic E-state index is 14.0. The first-order chi connectivity index (χ1) is 22.3. The Morgan fingerprint density at radius 2 is 1.76 bits per heavy atom. The van der Waals surface area contributed by atoms with Crippen LogP contribution in [0, 0.1) is 5.82 Å². The molecule has 2 heterocycles. The Hall–Kier alpha value is -5.74. The van der Waals surface area contributed by atoms with E-state index >= 15 is 0 Å². The standard InChI is InChI=1S/C35H26ClFN6O3/c36-24-12-8-22(9-13-24)34(28-7-3-5-21-4-1-2-6-27(21)28)39-35(45)23-10-14-26(15-11-23)43-19-25(40-41-43)18-42-31-17-30(38)29(37)16-32(31)46-20-33(42)44/h1-17,19,34H,18,20,38H2,(H,39,45). The van der Waals surface area contributed by atoms with Crippen LogP contribution in [0.1, 0.15) is 33.2 Å². The molecule has 1 aromatic heterocycles. The number of aromatic nitrogens is 3. The number of ether oxygens (including phenoxy) is 1. The van der Waals surface area contributed by atoms with E-state index in [4.69, 9.17) is 22.1 Å². The van der Waals surface area contributed by atoms with E-state index < -0.39 is 11.9 Å². The Morgan fingerprint density at radius 1 is 1.00 bits per heavy atom. The zero-order chi connectivity index (χ0) is 31.8. The van der Waals surface area contributed by atoms with Crippen molar-refractivity contribution in [2.75, 3.05) is 17.2 Å². The first kappa shape index (κ1) is 29.0. The van der Waals surface area contributed by atoms with Crippen LogP contribution in [-0.2, 0) is 11.3 Å². The van der Waals surface area contributed by atoms with Crippen LogP contribution in [0.3, 0.4) is 0 Å². The number of hydrogen-bond donors (Lipinski definition) is 2. The second kappa shape index (κ2) is 12.0. The van der Waals surface area contributed by atoms with Crippen molar-refractivity contribution in [1.82, 2.24) is 20.3 Å². The van der Waals surface area contributed by atoms with Crippen LogP contribution in [0.15, 0.2) is 109 Å². The molecule has 11 heteroatoms. The summed E-state index contributed by atoms with van der Waals surface area (Å²) in [6.07, 6.45) is 1.68. The van der Waals surface area contributed by atoms with Crippen LogP contribution in [-0.4, -0.2) is 33.4 Å². The van der Waals surface area contributed by atoms with Gasteiger partial charge in [0, 0.05) is 16.7 Å². The minimum Gasteiger partial charge on any atom is -0.481 e. The minimum atomic E-state index is -0.620. The minimum absolute atomic E-state index is 0.0843. The van der Waals surface area contributed by atoms with Gasteiger partial charge in [0.25, 0.3) is 11.8 Å². The number of benzene rings is 5. The average molecular weight is 633 g/mol. The smallest absolute Gasteiger partial charge is 0.265 e. The average Bonchev–Trinajstić information content (AvgIpc) is 3.55. The molecule has 1 atom stereocenters. The van der Waals surface area contributed by atoms with Crippen molar-refractivity contribution >= 4 is 45.6 Å². The largest absolute Gasteiger partial charge is 0.481 e. The maximum atomic E-state index is 14.0. The van der Waals surface area contributed by atoms with Crippen molar-refractivity contribution in [3.8, 4) is 11.4 Å². The van der Waals surface area contributed by atoms with Crippen LogP contribution in [0.4, 0.5) is 15.8 Å². The number of anilines is 2. The zero-order valence-electron chi connectivity index (χ0n) is 24.2. The molecule has 1 unspecified atom stereocenters. The molecule has 0 aliphatic carbocycles. The zero-order valence-corrected chi connectivity index (χ0v) is 25.0. The molecule has 0 fully saturated rings. The molecule has 1 aliphatic heterocycles. The molecule has 6 aromatic rings. The molecule has 7 rings (SSSR count). The van der Waals surface area contributed by atoms with Crippen molar-refractivity contribution in [1.29, 1.82) is 0 Å². The van der Waals surface area contributed by atoms with Gasteiger partial charge in [0.15, 0.2) is 6.61 Å². The summed E-state index contributed by atoms with van der Waals surface area (Å²) in [7, 11) is 0. The van der Waals surface area contributed by atoms with Gasteiger partial charge in [-0.15, -0.1) is 5.10 Å². The van der Waals surface area contributed by atoms with Crippen LogP contribution < -0.4 is 20.7 Å². The van der Waals surface area contributed by atoms with Gasteiger partial charge in [-0.1, -0.05) is 71.4 Å². The topological polar surface area (TPSA) is 115 Å². The Kier molecular flexibility index (Phi) is 7.55. The number of nitrogens with two attached hydrogens (primary N) is 1. The summed E-state index contributed by atoms with van der Waals surface area (Å²) >= 11 is 6.17. The van der Waals surface area contributed by atoms with E-state index in [1.54, 1.807) is 35.1 Å². The monoisotopic (exact) mass is 632 g/mol. The Balaban J connectivity index is 1.11. The van der Waals surface area contributed by atoms with E-state index in [2.05, 4.69) is 15.6 Å². The molecule has 0 spiro atoms. The van der Waals surface area contributed by atoms with Crippen LogP contribution in [0.5, 0.6) is 5.75 Å². The van der Waals surface area contributed by atoms with E-state index in [9.17, 15) is 14.0 Å². The molecule has 3 N–H and O–H groups in total. The van der Waals surface area contributed by atoms with E-state index in [1.165, 1.54) is 17.0 Å². The third kappa shape index (κ3) is 5.62. The van der Waals surface area contributed by atoms with E-state index in [-0.39, 0.29) is 36.4 Å². The molecule has 9 nitrogen and oxygen atoms in total. The van der Waals surface area contributed by atoms with Gasteiger partial charge in [-0.25, -0.2) is 9.07 Å². The van der Waals surface area contributed by atoms with Gasteiger partial charge in [-0.05, 0) is 64.4 Å². The molecule has 0 saturated heterocycles. The van der Waals surface area contributed by atoms with Gasteiger partial charge in [-0.3, -0.25) is 14.5 Å². The predicted octanol–water partition coefficient (Wildman–Crippen LogP) is 6.24. The summed E-state index contributed by atoms with van der Waals surface area (Å²) in [6.45, 7) is -0.144. The van der Waals surface area contributed by atoms with Crippen LogP contribution in [0.2, 0.25) is 5.02 Å². The second-order valence-corrected chi connectivity index (χ2v) is 11.3. The third-order valence-corrected chi connectivity index (χ3v) is 8.14. The molecular weight excluding hydrogens is 607 g/mol. The lowest BCUT2D eigenvalue weighted by Gasteiger charge is -2.29. The number of amides is 2. The summed E-state index contributed by atoms with van der Waals surface area (Å²) in [5.74, 6) is -0.959. The fourth-order valence-corrected chi connectivity index (χ4v) is 5.67. The maximum Gasteiger partial charge on any atom is 0.265 e. The SMILES string of the molecule is Nc1cc2c(cc1F)OCC(=O)N2Cc1cn(-c2ccc(C(=O)NC(c3ccc(Cl)cc3)c3cccc4ccccc34)cc2)nn1. The van der Waals surface area contributed by atoms with Gasteiger partial charge >= 0.3 is 0 Å². The third-order valence-electron chi connectivity index (χ3n) is 7.89. The van der Waals surface area contributed by atoms with E-state index in [0.717, 1.165) is 21.9 Å². The highest BCUT2D eigenvalue weighted by atomic mass is 35.5. The van der Waals surface area contributed by atoms with Gasteiger partial charge in [-0.2, -0.15) is 0 Å². The van der Waals surface area contributed by atoms with E-state index in [1.807, 2.05) is 66.7 Å². The number of nitrogens with zero attached hydrogens (tertiary/aromatic N) is 4. The number of hydrogen-bond acceptors (Lipinski definition) is 6. The Bertz CT molecular complexity index is 2090. The number of nitrogen functional groups attached to an aromatic ring is 1. The van der Waals surface area contributed by atoms with Crippen LogP contribution >= 0.6 is 11.6 Å². The molecule has 228 valence electrons. The fraction of sp³-hybridized carbons (Fsp3) is 0.0857. The highest BCUT2D eigenvalue weighted by molar-refractivity contribution is 6.30. The summed E-state index contributed by atoms with van der Waals surface area (Å²) < 4.78 is 20.9. The van der Waals surface area contributed by atoms with Crippen LogP contribution in [0.25, 0.3) is 16.5 Å². The first-order valence-electron chi connectivity index (χ1n) is 14.4. The fourth-order valence-electron chi connectivity index (χ4n) is 5.55. The summed E-state index contributed by atoms with van der Waals surface area (Å²) in [5.41, 5.74) is 9.49. The highest BCUT2D eigenvalue weighted by Crippen LogP contribution is 2.36. The first-order valence-corrected chi connectivity index (χ1v) is 14.8. The number of rotatable bonds is 7. The molecule has 46 heavy (non-hydrogen) atoms. The van der Waals surface area contributed by atoms with Crippen molar-refractivity contribution in [2.45, 2.75) is 12.6 Å². The van der Waals surface area contributed by atoms with E-state index in [0.29, 0.717) is 27.7 Å². The van der Waals surface area contributed by atoms with Crippen molar-refractivity contribution < 1.29 is 18.7 Å². The van der Waals surface area contributed by atoms with Crippen molar-refractivity contribution in [2.24, 2.45) is 0 Å². The number of fused-ring (bicyclic) bond motifs is 2. The Labute approximate surface area is 268 Å². The molecule has 0 radical (unpaired) electrons. The number of carbonyl (C=O) groups is 2. The number of nitrogens with one attached hydrogen (secondary N) is 1. The molecular formula is C35H26ClFN6O3. The predicted molar refractivity (Wildman–Crippen MR) is 174 cm³/mol. The number of halogens is 2. The van der Waals surface area contributed by atoms with Gasteiger partial charge in [0.05, 0.1) is 35.8 Å². The van der Waals surface area contributed by atoms with Gasteiger partial charge in [0.1, 0.15) is 17.3 Å². The molecule has 1 aliphatic rings. The highest BCUT2D eigenvalue weighted by Gasteiger charge is 2.28. The van der Waals surface area contributed by atoms with Crippen molar-refractivity contribution in [3.05, 3.63) is 143 Å².